The van der Waals surface area contributed by atoms with E-state index in [2.05, 4.69) is 142 Å². The number of rotatable bonds is 58. The zero-order valence-corrected chi connectivity index (χ0v) is 54.7. The highest BCUT2D eigenvalue weighted by molar-refractivity contribution is 5.74. The van der Waals surface area contributed by atoms with Gasteiger partial charge in [0.1, 0.15) is 18.8 Å². The Labute approximate surface area is 528 Å². The van der Waals surface area contributed by atoms with Crippen LogP contribution in [0.5, 0.6) is 0 Å². The van der Waals surface area contributed by atoms with E-state index in [4.69, 9.17) is 23.7 Å². The van der Waals surface area contributed by atoms with Gasteiger partial charge in [-0.2, -0.15) is 0 Å². The number of aliphatic carboxylic acids is 1. The van der Waals surface area contributed by atoms with Crippen molar-refractivity contribution < 1.29 is 58.2 Å². The zero-order chi connectivity index (χ0) is 63.1. The van der Waals surface area contributed by atoms with Crippen LogP contribution in [0.3, 0.4) is 0 Å². The van der Waals surface area contributed by atoms with E-state index in [1.165, 1.54) is 51.4 Å². The van der Waals surface area contributed by atoms with Crippen LogP contribution >= 0.6 is 0 Å². The lowest BCUT2D eigenvalue weighted by molar-refractivity contribution is -0.301. The third kappa shape index (κ3) is 50.7. The summed E-state index contributed by atoms with van der Waals surface area (Å²) in [5, 5.41) is 31.7. The molecule has 0 spiro atoms. The van der Waals surface area contributed by atoms with E-state index in [-0.39, 0.29) is 25.9 Å². The first-order chi connectivity index (χ1) is 42.6. The molecule has 3 N–H and O–H groups in total. The molecule has 494 valence electrons. The number of aliphatic hydroxyl groups is 2. The Kier molecular flexibility index (Phi) is 56.5. The van der Waals surface area contributed by atoms with Crippen molar-refractivity contribution in [2.75, 3.05) is 13.2 Å². The van der Waals surface area contributed by atoms with Crippen LogP contribution in [0.1, 0.15) is 278 Å². The molecule has 1 fully saturated rings. The number of carboxylic acids is 1. The summed E-state index contributed by atoms with van der Waals surface area (Å²) >= 11 is 0. The van der Waals surface area contributed by atoms with E-state index >= 15 is 0 Å². The topological polar surface area (TPSA) is 175 Å². The summed E-state index contributed by atoms with van der Waals surface area (Å²) in [6.45, 7) is 5.75. The molecule has 0 aromatic carbocycles. The molecule has 0 bridgehead atoms. The second kappa shape index (κ2) is 61.4. The average molecular weight is 1220 g/mol. The third-order valence-electron chi connectivity index (χ3n) is 15.0. The molecule has 1 aliphatic heterocycles. The molecule has 1 saturated heterocycles. The summed E-state index contributed by atoms with van der Waals surface area (Å²) < 4.78 is 28.6. The maximum atomic E-state index is 13.2. The molecule has 12 nitrogen and oxygen atoms in total. The molecule has 0 radical (unpaired) electrons. The molecule has 6 atom stereocenters. The standard InChI is InChI=1S/C75H122O12/c1-4-7-10-13-16-19-22-25-28-31-34-37-40-43-46-49-52-55-58-61-67(76)83-64-66(85-68(77)62-59-56-53-50-47-44-41-38-35-32-29-26-23-20-17-14-11-8-5-2)65-84-75-73(71(80)70(79)72(87-75)74(81)82)86-69(78)63-60-57-54-51-48-45-42-39-36-33-30-27-24-21-18-15-12-9-6-3/h7-8,10-11,16-21,25-30,34-35,37-38,66,70-73,75,79-80H,4-6,9,12-15,22-24,31-33,36,39-65H2,1-3H3,(H,81,82)/b10-7-,11-8-,19-16-,20-17-,21-18-,28-25-,29-26-,30-27-,37-34-,38-35-. The molecule has 1 aliphatic rings. The van der Waals surface area contributed by atoms with Crippen LogP contribution in [0.25, 0.3) is 0 Å². The van der Waals surface area contributed by atoms with Gasteiger partial charge in [-0.25, -0.2) is 4.79 Å². The van der Waals surface area contributed by atoms with Crippen molar-refractivity contribution in [2.24, 2.45) is 0 Å². The first-order valence-corrected chi connectivity index (χ1v) is 34.5. The number of aliphatic hydroxyl groups excluding tert-OH is 2. The molecule has 1 rings (SSSR count). The summed E-state index contributed by atoms with van der Waals surface area (Å²) in [6, 6.07) is 0. The van der Waals surface area contributed by atoms with Gasteiger partial charge in [0.15, 0.2) is 24.6 Å². The Balaban J connectivity index is 2.67. The van der Waals surface area contributed by atoms with Crippen molar-refractivity contribution in [3.05, 3.63) is 122 Å². The van der Waals surface area contributed by atoms with E-state index in [9.17, 15) is 34.5 Å². The van der Waals surface area contributed by atoms with E-state index in [1.807, 2.05) is 0 Å². The molecule has 0 aliphatic carbocycles. The van der Waals surface area contributed by atoms with Crippen molar-refractivity contribution in [3.63, 3.8) is 0 Å². The Bertz CT molecular complexity index is 1970. The Morgan fingerprint density at radius 3 is 1.10 bits per heavy atom. The first-order valence-electron chi connectivity index (χ1n) is 34.5. The lowest BCUT2D eigenvalue weighted by atomic mass is 9.98. The Hall–Kier alpha value is -4.88. The van der Waals surface area contributed by atoms with Gasteiger partial charge in [0, 0.05) is 19.3 Å². The van der Waals surface area contributed by atoms with Gasteiger partial charge in [0.25, 0.3) is 0 Å². The van der Waals surface area contributed by atoms with Gasteiger partial charge in [-0.05, 0) is 128 Å². The van der Waals surface area contributed by atoms with Crippen LogP contribution in [-0.2, 0) is 42.9 Å². The molecular formula is C75H122O12. The number of carbonyl (C=O) groups is 4. The van der Waals surface area contributed by atoms with Gasteiger partial charge in [-0.15, -0.1) is 0 Å². The summed E-state index contributed by atoms with van der Waals surface area (Å²) in [5.41, 5.74) is 0. The van der Waals surface area contributed by atoms with Crippen LogP contribution < -0.4 is 0 Å². The highest BCUT2D eigenvalue weighted by atomic mass is 16.7. The highest BCUT2D eigenvalue weighted by Gasteiger charge is 2.50. The Morgan fingerprint density at radius 1 is 0.391 bits per heavy atom. The predicted molar refractivity (Wildman–Crippen MR) is 358 cm³/mol. The minimum atomic E-state index is -1.92. The lowest BCUT2D eigenvalue weighted by Gasteiger charge is -2.40. The van der Waals surface area contributed by atoms with Crippen LogP contribution in [0.15, 0.2) is 122 Å². The van der Waals surface area contributed by atoms with E-state index in [0.717, 1.165) is 167 Å². The van der Waals surface area contributed by atoms with Crippen LogP contribution in [0.2, 0.25) is 0 Å². The summed E-state index contributed by atoms with van der Waals surface area (Å²) in [4.78, 5) is 51.5. The maximum absolute atomic E-state index is 13.2. The third-order valence-corrected chi connectivity index (χ3v) is 15.0. The van der Waals surface area contributed by atoms with Crippen molar-refractivity contribution in [2.45, 2.75) is 314 Å². The second-order valence-corrected chi connectivity index (χ2v) is 23.0. The molecule has 87 heavy (non-hydrogen) atoms. The Morgan fingerprint density at radius 2 is 0.724 bits per heavy atom. The van der Waals surface area contributed by atoms with E-state index in [1.54, 1.807) is 0 Å². The largest absolute Gasteiger partial charge is 0.479 e. The molecular weight excluding hydrogens is 1090 g/mol. The van der Waals surface area contributed by atoms with Crippen molar-refractivity contribution in [3.8, 4) is 0 Å². The molecule has 0 amide bonds. The summed E-state index contributed by atoms with van der Waals surface area (Å²) in [5.74, 6) is -3.16. The van der Waals surface area contributed by atoms with Crippen molar-refractivity contribution >= 4 is 23.9 Å². The fraction of sp³-hybridized carbons (Fsp3) is 0.680. The lowest BCUT2D eigenvalue weighted by Crippen LogP contribution is -2.61. The summed E-state index contributed by atoms with van der Waals surface area (Å²) in [6.07, 6.45) is 72.8. The fourth-order valence-electron chi connectivity index (χ4n) is 9.79. The minimum absolute atomic E-state index is 0.0471. The smallest absolute Gasteiger partial charge is 0.335 e. The number of allylic oxidation sites excluding steroid dienone is 20. The van der Waals surface area contributed by atoms with Crippen LogP contribution in [-0.4, -0.2) is 89.2 Å². The predicted octanol–water partition coefficient (Wildman–Crippen LogP) is 19.1. The summed E-state index contributed by atoms with van der Waals surface area (Å²) in [7, 11) is 0. The number of hydrogen-bond acceptors (Lipinski definition) is 11. The van der Waals surface area contributed by atoms with Crippen LogP contribution in [0.4, 0.5) is 0 Å². The number of carbonyl (C=O) groups excluding carboxylic acids is 3. The molecule has 0 aromatic heterocycles. The first kappa shape index (κ1) is 80.1. The van der Waals surface area contributed by atoms with Gasteiger partial charge in [0.05, 0.1) is 6.61 Å². The minimum Gasteiger partial charge on any atom is -0.479 e. The van der Waals surface area contributed by atoms with Crippen LogP contribution in [0, 0.1) is 0 Å². The van der Waals surface area contributed by atoms with Gasteiger partial charge < -0.3 is 39.0 Å². The zero-order valence-electron chi connectivity index (χ0n) is 54.7. The molecule has 1 heterocycles. The number of hydrogen-bond donors (Lipinski definition) is 3. The quantitative estimate of drug-likeness (QED) is 0.0228. The average Bonchev–Trinajstić information content (AvgIpc) is 2.56. The van der Waals surface area contributed by atoms with Crippen molar-refractivity contribution in [1.29, 1.82) is 0 Å². The fourth-order valence-corrected chi connectivity index (χ4v) is 9.79. The van der Waals surface area contributed by atoms with Gasteiger partial charge in [0.2, 0.25) is 0 Å². The number of ether oxygens (including phenoxy) is 5. The molecule has 0 aromatic rings. The van der Waals surface area contributed by atoms with Gasteiger partial charge in [-0.3, -0.25) is 14.4 Å². The molecule has 6 unspecified atom stereocenters. The highest BCUT2D eigenvalue weighted by Crippen LogP contribution is 2.27. The molecule has 12 heteroatoms. The second-order valence-electron chi connectivity index (χ2n) is 23.0. The number of carboxylic acid groups (broad SMARTS) is 1. The van der Waals surface area contributed by atoms with Gasteiger partial charge >= 0.3 is 23.9 Å². The molecule has 0 saturated carbocycles. The normalized spacial score (nSPS) is 18.1. The monoisotopic (exact) mass is 1210 g/mol. The van der Waals surface area contributed by atoms with Crippen molar-refractivity contribution in [1.82, 2.24) is 0 Å². The van der Waals surface area contributed by atoms with E-state index in [0.29, 0.717) is 19.3 Å². The van der Waals surface area contributed by atoms with E-state index < -0.39 is 67.3 Å². The number of esters is 3. The van der Waals surface area contributed by atoms with Gasteiger partial charge in [-0.1, -0.05) is 251 Å². The SMILES string of the molecule is CC/C=C\C/C=C\C/C=C\C/C=C\CCCCCCCCC(=O)OCC(COC1OC(C(=O)O)C(O)C(O)C1OC(=O)CCCCCCCCCCC/C=C\C/C=C\CCCCC)OC(=O)CCCCCCCC/C=C\C/C=C\C/C=C\C/C=C\CC. The number of unbranched alkanes of at least 4 members (excludes halogenated alkanes) is 24. The maximum Gasteiger partial charge on any atom is 0.335 e.